The van der Waals surface area contributed by atoms with Gasteiger partial charge in [-0.2, -0.15) is 0 Å². The molecule has 0 spiro atoms. The summed E-state index contributed by atoms with van der Waals surface area (Å²) in [5.41, 5.74) is 21.2. The van der Waals surface area contributed by atoms with Gasteiger partial charge in [-0.1, -0.05) is 208 Å². The topological polar surface area (TPSA) is 38.4 Å². The second-order valence-corrected chi connectivity index (χ2v) is 15.6. The van der Waals surface area contributed by atoms with E-state index in [2.05, 4.69) is 208 Å². The number of aliphatic imine (C=N–C) groups is 1. The molecule has 0 fully saturated rings. The lowest BCUT2D eigenvalue weighted by Crippen LogP contribution is -2.14. The highest BCUT2D eigenvalue weighted by molar-refractivity contribution is 6.13. The third-order valence-corrected chi connectivity index (χ3v) is 12.0. The highest BCUT2D eigenvalue weighted by Crippen LogP contribution is 2.55. The third kappa shape index (κ3) is 5.93. The molecule has 10 rings (SSSR count). The Balaban J connectivity index is 1.14. The van der Waals surface area contributed by atoms with Crippen LogP contribution in [0.5, 0.6) is 0 Å². The van der Waals surface area contributed by atoms with E-state index in [0.29, 0.717) is 12.3 Å². The van der Waals surface area contributed by atoms with Crippen LogP contribution in [0.25, 0.3) is 71.4 Å². The minimum absolute atomic E-state index is 0.122. The number of rotatable bonds is 7. The second-order valence-electron chi connectivity index (χ2n) is 15.6. The fourth-order valence-corrected chi connectivity index (χ4v) is 9.06. The zero-order chi connectivity index (χ0) is 38.5. The maximum absolute atomic E-state index is 7.00. The Hall–Kier alpha value is -7.03. The standard InChI is InChI=1S/C55H42N2/c1-55(2)49-25-13-23-47(53(49)52-42-20-9-7-17-40(42)31-34-50(52)55)45-32-33-46(44-22-11-10-21-43(44)45)51(57-54(56)48-24-12-18-39-16-6-8-19-41(39)48)35-28-36-26-29-38(30-27-36)37-14-4-3-5-15-37/h3-27,29-35H,28H2,1-2H3,(H2,56,57)/b51-35-. The van der Waals surface area contributed by atoms with Crippen molar-refractivity contribution in [1.82, 2.24) is 0 Å². The molecule has 0 amide bonds. The SMILES string of the molecule is CC1(C)c2cccc(-c3ccc(/C(=C/Cc4ccc(-c5ccccc5)cc4)N=C(N)c4cccc5ccccc45)c4ccccc34)c2-c2c1ccc1ccccc21. The van der Waals surface area contributed by atoms with Crippen molar-refractivity contribution in [3.05, 3.63) is 222 Å². The normalized spacial score (nSPS) is 13.6. The molecule has 0 saturated heterocycles. The van der Waals surface area contributed by atoms with Crippen LogP contribution in [-0.4, -0.2) is 5.84 Å². The van der Waals surface area contributed by atoms with E-state index in [1.54, 1.807) is 0 Å². The molecule has 1 aliphatic rings. The number of amidine groups is 1. The van der Waals surface area contributed by atoms with Gasteiger partial charge < -0.3 is 5.73 Å². The molecule has 272 valence electrons. The average Bonchev–Trinajstić information content (AvgIpc) is 3.51. The van der Waals surface area contributed by atoms with E-state index in [1.807, 2.05) is 0 Å². The summed E-state index contributed by atoms with van der Waals surface area (Å²) in [5.74, 6) is 0.497. The molecule has 0 bridgehead atoms. The van der Waals surface area contributed by atoms with Gasteiger partial charge in [-0.15, -0.1) is 0 Å². The Morgan fingerprint density at radius 3 is 1.88 bits per heavy atom. The lowest BCUT2D eigenvalue weighted by atomic mass is 9.81. The van der Waals surface area contributed by atoms with E-state index in [1.165, 1.54) is 66.2 Å². The van der Waals surface area contributed by atoms with Crippen molar-refractivity contribution in [1.29, 1.82) is 0 Å². The van der Waals surface area contributed by atoms with Gasteiger partial charge in [0, 0.05) is 16.5 Å². The molecule has 2 heteroatoms. The van der Waals surface area contributed by atoms with Gasteiger partial charge >= 0.3 is 0 Å². The maximum Gasteiger partial charge on any atom is 0.131 e. The molecule has 0 saturated carbocycles. The van der Waals surface area contributed by atoms with E-state index < -0.39 is 0 Å². The molecule has 2 N–H and O–H groups in total. The molecular weight excluding hydrogens is 689 g/mol. The summed E-state index contributed by atoms with van der Waals surface area (Å²) in [6, 6.07) is 67.6. The molecule has 0 atom stereocenters. The Morgan fingerprint density at radius 1 is 0.474 bits per heavy atom. The van der Waals surface area contributed by atoms with Crippen LogP contribution in [0.4, 0.5) is 0 Å². The van der Waals surface area contributed by atoms with Crippen molar-refractivity contribution in [2.24, 2.45) is 10.7 Å². The quantitative estimate of drug-likeness (QED) is 0.129. The van der Waals surface area contributed by atoms with Crippen molar-refractivity contribution in [3.63, 3.8) is 0 Å². The summed E-state index contributed by atoms with van der Waals surface area (Å²) in [6.07, 6.45) is 2.94. The van der Waals surface area contributed by atoms with Crippen LogP contribution >= 0.6 is 0 Å². The Labute approximate surface area is 334 Å². The number of fused-ring (bicyclic) bond motifs is 7. The Bertz CT molecular complexity index is 3050. The van der Waals surface area contributed by atoms with Crippen LogP contribution in [0.1, 0.15) is 41.7 Å². The average molecular weight is 731 g/mol. The lowest BCUT2D eigenvalue weighted by molar-refractivity contribution is 0.661. The first-order valence-corrected chi connectivity index (χ1v) is 19.8. The third-order valence-electron chi connectivity index (χ3n) is 12.0. The lowest BCUT2D eigenvalue weighted by Gasteiger charge is -2.22. The van der Waals surface area contributed by atoms with Crippen LogP contribution in [-0.2, 0) is 11.8 Å². The van der Waals surface area contributed by atoms with Gasteiger partial charge in [0.05, 0.1) is 5.70 Å². The van der Waals surface area contributed by atoms with Gasteiger partial charge in [-0.3, -0.25) is 0 Å². The van der Waals surface area contributed by atoms with Crippen LogP contribution < -0.4 is 5.73 Å². The fraction of sp³-hybridized carbons (Fsp3) is 0.0727. The predicted octanol–water partition coefficient (Wildman–Crippen LogP) is 13.8. The summed E-state index contributed by atoms with van der Waals surface area (Å²) >= 11 is 0. The smallest absolute Gasteiger partial charge is 0.131 e. The van der Waals surface area contributed by atoms with Gasteiger partial charge in [0.15, 0.2) is 0 Å². The summed E-state index contributed by atoms with van der Waals surface area (Å²) in [5, 5.41) is 7.12. The number of hydrogen-bond donors (Lipinski definition) is 1. The van der Waals surface area contributed by atoms with E-state index in [4.69, 9.17) is 10.7 Å². The molecule has 57 heavy (non-hydrogen) atoms. The first-order chi connectivity index (χ1) is 28.0. The minimum Gasteiger partial charge on any atom is -0.383 e. The Kier molecular flexibility index (Phi) is 8.42. The summed E-state index contributed by atoms with van der Waals surface area (Å²) < 4.78 is 0. The molecule has 2 nitrogen and oxygen atoms in total. The van der Waals surface area contributed by atoms with Crippen LogP contribution in [0, 0.1) is 0 Å². The minimum atomic E-state index is -0.122. The van der Waals surface area contributed by atoms with Crippen molar-refractivity contribution in [2.45, 2.75) is 25.7 Å². The van der Waals surface area contributed by atoms with Crippen molar-refractivity contribution >= 4 is 43.9 Å². The second kappa shape index (κ2) is 13.9. The van der Waals surface area contributed by atoms with Crippen molar-refractivity contribution in [3.8, 4) is 33.4 Å². The molecule has 9 aromatic rings. The maximum atomic E-state index is 7.00. The first kappa shape index (κ1) is 34.5. The number of benzene rings is 9. The first-order valence-electron chi connectivity index (χ1n) is 19.8. The fourth-order valence-electron chi connectivity index (χ4n) is 9.06. The van der Waals surface area contributed by atoms with E-state index >= 15 is 0 Å². The monoisotopic (exact) mass is 730 g/mol. The van der Waals surface area contributed by atoms with Crippen LogP contribution in [0.3, 0.4) is 0 Å². The summed E-state index contributed by atoms with van der Waals surface area (Å²) in [4.78, 5) is 5.30. The van der Waals surface area contributed by atoms with Gasteiger partial charge in [-0.05, 0) is 88.8 Å². The summed E-state index contributed by atoms with van der Waals surface area (Å²) in [7, 11) is 0. The molecule has 0 radical (unpaired) electrons. The zero-order valence-corrected chi connectivity index (χ0v) is 32.2. The predicted molar refractivity (Wildman–Crippen MR) is 243 cm³/mol. The van der Waals surface area contributed by atoms with Gasteiger partial charge in [0.25, 0.3) is 0 Å². The van der Waals surface area contributed by atoms with E-state index in [-0.39, 0.29) is 5.41 Å². The molecule has 1 aliphatic carbocycles. The van der Waals surface area contributed by atoms with Crippen molar-refractivity contribution < 1.29 is 0 Å². The highest BCUT2D eigenvalue weighted by Gasteiger charge is 2.38. The van der Waals surface area contributed by atoms with Gasteiger partial charge in [0.2, 0.25) is 0 Å². The Morgan fingerprint density at radius 2 is 1.09 bits per heavy atom. The van der Waals surface area contributed by atoms with Gasteiger partial charge in [-0.25, -0.2) is 4.99 Å². The number of nitrogens with two attached hydrogens (primary N) is 1. The molecule has 0 unspecified atom stereocenters. The number of nitrogens with zero attached hydrogens (tertiary/aromatic N) is 1. The number of hydrogen-bond acceptors (Lipinski definition) is 1. The largest absolute Gasteiger partial charge is 0.383 e. The molecule has 0 heterocycles. The van der Waals surface area contributed by atoms with Crippen molar-refractivity contribution in [2.75, 3.05) is 0 Å². The zero-order valence-electron chi connectivity index (χ0n) is 32.2. The summed E-state index contributed by atoms with van der Waals surface area (Å²) in [6.45, 7) is 4.73. The molecule has 0 aromatic heterocycles. The molecule has 9 aromatic carbocycles. The van der Waals surface area contributed by atoms with Crippen LogP contribution in [0.15, 0.2) is 199 Å². The van der Waals surface area contributed by atoms with Crippen LogP contribution in [0.2, 0.25) is 0 Å². The molecular formula is C55H42N2. The molecule has 0 aliphatic heterocycles. The van der Waals surface area contributed by atoms with E-state index in [9.17, 15) is 0 Å². The number of allylic oxidation sites excluding steroid dienone is 1. The van der Waals surface area contributed by atoms with E-state index in [0.717, 1.165) is 33.0 Å². The highest BCUT2D eigenvalue weighted by atomic mass is 14.9. The van der Waals surface area contributed by atoms with Gasteiger partial charge in [0.1, 0.15) is 5.84 Å².